The number of aromatic nitrogens is 1. The van der Waals surface area contributed by atoms with E-state index in [1.807, 2.05) is 55.1 Å². The molecule has 0 aliphatic carbocycles. The molecule has 0 radical (unpaired) electrons. The molecule has 0 aliphatic heterocycles. The zero-order valence-corrected chi connectivity index (χ0v) is 18.6. The maximum absolute atomic E-state index is 13.2. The Morgan fingerprint density at radius 3 is 2.48 bits per heavy atom. The van der Waals surface area contributed by atoms with Gasteiger partial charge in [0, 0.05) is 23.2 Å². The van der Waals surface area contributed by atoms with Crippen LogP contribution in [0.25, 0.3) is 0 Å². The van der Waals surface area contributed by atoms with E-state index in [9.17, 15) is 9.70 Å². The molecular weight excluding hydrogens is 452 g/mol. The fraction of sp³-hybridized carbons (Fsp3) is 0.238. The highest BCUT2D eigenvalue weighted by molar-refractivity contribution is 9.10. The van der Waals surface area contributed by atoms with Crippen LogP contribution in [-0.2, 0) is 6.54 Å². The van der Waals surface area contributed by atoms with Crippen LogP contribution in [0.3, 0.4) is 0 Å². The average molecular weight is 473 g/mol. The minimum absolute atomic E-state index is 0.0386. The van der Waals surface area contributed by atoms with Crippen LogP contribution in [-0.4, -0.2) is 22.3 Å². The third kappa shape index (κ3) is 5.48. The van der Waals surface area contributed by atoms with E-state index < -0.39 is 0 Å². The Morgan fingerprint density at radius 1 is 1.17 bits per heavy atom. The third-order valence-corrected chi connectivity index (χ3v) is 5.87. The van der Waals surface area contributed by atoms with Gasteiger partial charge in [-0.15, -0.1) is 4.91 Å². The predicted octanol–water partition coefficient (Wildman–Crippen LogP) is 6.41. The number of rotatable bonds is 8. The van der Waals surface area contributed by atoms with Crippen molar-refractivity contribution < 1.29 is 4.79 Å². The van der Waals surface area contributed by atoms with Crippen LogP contribution >= 0.6 is 27.3 Å². The van der Waals surface area contributed by atoms with Crippen molar-refractivity contribution >= 4 is 49.7 Å². The smallest absolute Gasteiger partial charge is 0.266 e. The van der Waals surface area contributed by atoms with Crippen molar-refractivity contribution in [3.8, 4) is 0 Å². The second-order valence-corrected chi connectivity index (χ2v) is 8.46. The first-order valence-electron chi connectivity index (χ1n) is 9.21. The number of amides is 1. The summed E-state index contributed by atoms with van der Waals surface area (Å²) < 4.78 is 1.00. The molecule has 0 saturated carbocycles. The van der Waals surface area contributed by atoms with Crippen molar-refractivity contribution in [1.82, 2.24) is 9.88 Å². The van der Waals surface area contributed by atoms with Crippen LogP contribution in [0.4, 0.5) is 16.5 Å². The van der Waals surface area contributed by atoms with Gasteiger partial charge in [-0.05, 0) is 60.5 Å². The molecule has 29 heavy (non-hydrogen) atoms. The van der Waals surface area contributed by atoms with E-state index >= 15 is 0 Å². The average Bonchev–Trinajstić information content (AvgIpc) is 3.09. The van der Waals surface area contributed by atoms with E-state index in [-0.39, 0.29) is 5.91 Å². The molecule has 3 aromatic rings. The quantitative estimate of drug-likeness (QED) is 0.384. The van der Waals surface area contributed by atoms with E-state index in [0.717, 1.165) is 22.1 Å². The van der Waals surface area contributed by atoms with Crippen LogP contribution in [0.5, 0.6) is 0 Å². The fourth-order valence-electron chi connectivity index (χ4n) is 2.85. The summed E-state index contributed by atoms with van der Waals surface area (Å²) in [6.07, 6.45) is 0.849. The molecule has 1 aromatic heterocycles. The summed E-state index contributed by atoms with van der Waals surface area (Å²) in [7, 11) is 0. The number of nitrogens with one attached hydrogen (secondary N) is 1. The minimum atomic E-state index is -0.0386. The Hall–Kier alpha value is -2.58. The molecular formula is C21H21BrN4O2S. The molecule has 1 N–H and O–H groups in total. The lowest BCUT2D eigenvalue weighted by Gasteiger charge is -2.21. The van der Waals surface area contributed by atoms with Crippen LogP contribution in [0.2, 0.25) is 0 Å². The molecule has 0 spiro atoms. The summed E-state index contributed by atoms with van der Waals surface area (Å²) in [5, 5.41) is 6.86. The zero-order chi connectivity index (χ0) is 20.8. The van der Waals surface area contributed by atoms with Crippen LogP contribution in [0.1, 0.15) is 34.3 Å². The molecule has 150 valence electrons. The molecule has 2 aromatic carbocycles. The third-order valence-electron chi connectivity index (χ3n) is 4.28. The summed E-state index contributed by atoms with van der Waals surface area (Å²) in [4.78, 5) is 30.7. The molecule has 8 heteroatoms. The summed E-state index contributed by atoms with van der Waals surface area (Å²) in [5.41, 5.74) is 2.95. The van der Waals surface area contributed by atoms with Gasteiger partial charge in [-0.2, -0.15) is 0 Å². The predicted molar refractivity (Wildman–Crippen MR) is 121 cm³/mol. The van der Waals surface area contributed by atoms with Crippen LogP contribution < -0.4 is 5.32 Å². The number of carbonyl (C=O) groups is 1. The highest BCUT2D eigenvalue weighted by atomic mass is 79.9. The molecule has 0 unspecified atom stereocenters. The SMILES string of the molecule is CCCN(Cc1ccc(N=O)cc1)C(=O)c1sc(Nc2ccc(Br)cc2)nc1C. The topological polar surface area (TPSA) is 74.7 Å². The summed E-state index contributed by atoms with van der Waals surface area (Å²) in [6, 6.07) is 14.8. The second kappa shape index (κ2) is 9.76. The van der Waals surface area contributed by atoms with Crippen molar-refractivity contribution in [3.05, 3.63) is 74.0 Å². The van der Waals surface area contributed by atoms with Crippen molar-refractivity contribution in [2.24, 2.45) is 5.18 Å². The molecule has 0 atom stereocenters. The van der Waals surface area contributed by atoms with E-state index in [0.29, 0.717) is 34.5 Å². The maximum Gasteiger partial charge on any atom is 0.266 e. The van der Waals surface area contributed by atoms with Gasteiger partial charge in [0.25, 0.3) is 5.91 Å². The molecule has 1 amide bonds. The number of hydrogen-bond acceptors (Lipinski definition) is 6. The summed E-state index contributed by atoms with van der Waals surface area (Å²) >= 11 is 4.78. The first-order chi connectivity index (χ1) is 14.0. The summed E-state index contributed by atoms with van der Waals surface area (Å²) in [5.74, 6) is -0.0386. The number of aryl methyl sites for hydroxylation is 1. The lowest BCUT2D eigenvalue weighted by Crippen LogP contribution is -2.31. The van der Waals surface area contributed by atoms with Gasteiger partial charge in [0.2, 0.25) is 0 Å². The molecule has 0 fully saturated rings. The van der Waals surface area contributed by atoms with E-state index in [1.165, 1.54) is 11.3 Å². The second-order valence-electron chi connectivity index (χ2n) is 6.55. The first kappa shape index (κ1) is 21.1. The zero-order valence-electron chi connectivity index (χ0n) is 16.2. The van der Waals surface area contributed by atoms with Crippen LogP contribution in [0.15, 0.2) is 58.2 Å². The Balaban J connectivity index is 1.77. The standard InChI is InChI=1S/C21H21BrN4O2S/c1-3-12-26(13-15-4-8-18(25-28)9-5-15)20(27)19-14(2)23-21(29-19)24-17-10-6-16(22)7-11-17/h4-11H,3,12-13H2,1-2H3,(H,23,24). The largest absolute Gasteiger partial charge is 0.334 e. The first-order valence-corrected chi connectivity index (χ1v) is 10.8. The number of thiazole rings is 1. The molecule has 1 heterocycles. The number of anilines is 2. The molecule has 0 bridgehead atoms. The van der Waals surface area contributed by atoms with E-state index in [2.05, 4.69) is 31.4 Å². The van der Waals surface area contributed by atoms with Crippen molar-refractivity contribution in [1.29, 1.82) is 0 Å². The maximum atomic E-state index is 13.2. The highest BCUT2D eigenvalue weighted by Crippen LogP contribution is 2.28. The van der Waals surface area contributed by atoms with Crippen molar-refractivity contribution in [3.63, 3.8) is 0 Å². The lowest BCUT2D eigenvalue weighted by molar-refractivity contribution is 0.0747. The Kier molecular flexibility index (Phi) is 7.11. The van der Waals surface area contributed by atoms with Gasteiger partial charge in [0.05, 0.1) is 5.69 Å². The van der Waals surface area contributed by atoms with Gasteiger partial charge < -0.3 is 10.2 Å². The number of halogens is 1. The van der Waals surface area contributed by atoms with Gasteiger partial charge in [-0.3, -0.25) is 4.79 Å². The van der Waals surface area contributed by atoms with Gasteiger partial charge in [0.15, 0.2) is 5.13 Å². The minimum Gasteiger partial charge on any atom is -0.334 e. The van der Waals surface area contributed by atoms with Gasteiger partial charge in [-0.25, -0.2) is 4.98 Å². The lowest BCUT2D eigenvalue weighted by atomic mass is 10.2. The molecule has 0 aliphatic rings. The number of benzene rings is 2. The number of carbonyl (C=O) groups excluding carboxylic acids is 1. The monoisotopic (exact) mass is 472 g/mol. The Bertz CT molecular complexity index is 987. The summed E-state index contributed by atoms with van der Waals surface area (Å²) in [6.45, 7) is 5.00. The van der Waals surface area contributed by atoms with Gasteiger partial charge >= 0.3 is 0 Å². The Labute approximate surface area is 182 Å². The number of hydrogen-bond donors (Lipinski definition) is 1. The highest BCUT2D eigenvalue weighted by Gasteiger charge is 2.21. The number of nitrogens with zero attached hydrogens (tertiary/aromatic N) is 3. The molecule has 6 nitrogen and oxygen atoms in total. The van der Waals surface area contributed by atoms with Crippen LogP contribution in [0, 0.1) is 11.8 Å². The molecule has 3 rings (SSSR count). The van der Waals surface area contributed by atoms with Crippen molar-refractivity contribution in [2.75, 3.05) is 11.9 Å². The Morgan fingerprint density at radius 2 is 1.86 bits per heavy atom. The molecule has 0 saturated heterocycles. The van der Waals surface area contributed by atoms with E-state index in [1.54, 1.807) is 12.1 Å². The van der Waals surface area contributed by atoms with Gasteiger partial charge in [0.1, 0.15) is 10.6 Å². The van der Waals surface area contributed by atoms with Crippen molar-refractivity contribution in [2.45, 2.75) is 26.8 Å². The van der Waals surface area contributed by atoms with E-state index in [4.69, 9.17) is 0 Å². The number of nitroso groups, excluding NO2 is 1. The fourth-order valence-corrected chi connectivity index (χ4v) is 4.07. The normalized spacial score (nSPS) is 10.6. The van der Waals surface area contributed by atoms with Gasteiger partial charge in [-0.1, -0.05) is 46.3 Å².